The van der Waals surface area contributed by atoms with Gasteiger partial charge in [0.05, 0.1) is 7.11 Å². The third-order valence-corrected chi connectivity index (χ3v) is 4.46. The molecule has 0 aromatic heterocycles. The molecule has 2 rings (SSSR count). The second-order valence-corrected chi connectivity index (χ2v) is 6.02. The molecule has 1 N–H and O–H groups in total. The highest BCUT2D eigenvalue weighted by Crippen LogP contribution is 2.16. The number of benzene rings is 1. The molecule has 1 heterocycles. The molecule has 5 nitrogen and oxygen atoms in total. The number of ether oxygens (including phenoxy) is 1. The van der Waals surface area contributed by atoms with Gasteiger partial charge in [-0.3, -0.25) is 9.59 Å². The zero-order valence-corrected chi connectivity index (χ0v) is 14.0. The maximum absolute atomic E-state index is 12.6. The third-order valence-electron chi connectivity index (χ3n) is 4.46. The van der Waals surface area contributed by atoms with Crippen molar-refractivity contribution >= 4 is 11.9 Å². The topological polar surface area (TPSA) is 58.6 Å². The molecule has 1 fully saturated rings. The summed E-state index contributed by atoms with van der Waals surface area (Å²) in [6, 6.07) is 7.83. The van der Waals surface area contributed by atoms with Gasteiger partial charge in [-0.25, -0.2) is 0 Å². The van der Waals surface area contributed by atoms with Crippen molar-refractivity contribution in [3.05, 3.63) is 35.4 Å². The first-order chi connectivity index (χ1) is 11.1. The van der Waals surface area contributed by atoms with E-state index >= 15 is 0 Å². The van der Waals surface area contributed by atoms with E-state index in [0.29, 0.717) is 24.4 Å². The predicted molar refractivity (Wildman–Crippen MR) is 89.4 cm³/mol. The molecule has 5 heteroatoms. The normalized spacial score (nSPS) is 18.1. The number of carbonyl (C=O) groups is 2. The minimum Gasteiger partial charge on any atom is -0.469 e. The molecule has 126 valence electrons. The molecule has 1 aromatic rings. The number of nitrogens with one attached hydrogen (secondary N) is 1. The molecule has 0 bridgehead atoms. The van der Waals surface area contributed by atoms with Crippen LogP contribution in [-0.4, -0.2) is 50.1 Å². The van der Waals surface area contributed by atoms with Crippen LogP contribution in [0.25, 0.3) is 0 Å². The van der Waals surface area contributed by atoms with Crippen molar-refractivity contribution in [2.45, 2.75) is 38.1 Å². The smallest absolute Gasteiger partial charge is 0.305 e. The molecule has 0 saturated carbocycles. The summed E-state index contributed by atoms with van der Waals surface area (Å²) in [6.45, 7) is 2.00. The predicted octanol–water partition coefficient (Wildman–Crippen LogP) is 2.01. The number of rotatable bonds is 5. The molecule has 1 saturated heterocycles. The van der Waals surface area contributed by atoms with Crippen LogP contribution >= 0.6 is 0 Å². The molecule has 0 aliphatic carbocycles. The highest BCUT2D eigenvalue weighted by atomic mass is 16.5. The Labute approximate surface area is 138 Å². The molecule has 0 spiro atoms. The minimum absolute atomic E-state index is 0.0661. The van der Waals surface area contributed by atoms with Crippen LogP contribution in [0.15, 0.2) is 24.3 Å². The molecular weight excluding hydrogens is 292 g/mol. The number of nitrogens with zero attached hydrogens (tertiary/aromatic N) is 1. The van der Waals surface area contributed by atoms with Gasteiger partial charge in [0.1, 0.15) is 0 Å². The van der Waals surface area contributed by atoms with Gasteiger partial charge in [0.25, 0.3) is 5.91 Å². The molecule has 1 aliphatic heterocycles. The number of carbonyl (C=O) groups excluding carboxylic acids is 2. The van der Waals surface area contributed by atoms with Gasteiger partial charge < -0.3 is 15.0 Å². The quantitative estimate of drug-likeness (QED) is 0.844. The van der Waals surface area contributed by atoms with Crippen molar-refractivity contribution in [2.75, 3.05) is 27.2 Å². The average Bonchev–Trinajstić information content (AvgIpc) is 2.88. The van der Waals surface area contributed by atoms with Crippen molar-refractivity contribution < 1.29 is 14.3 Å². The van der Waals surface area contributed by atoms with Crippen LogP contribution in [0.1, 0.15) is 41.6 Å². The van der Waals surface area contributed by atoms with E-state index in [1.54, 1.807) is 0 Å². The highest BCUT2D eigenvalue weighted by Gasteiger charge is 2.21. The van der Waals surface area contributed by atoms with Gasteiger partial charge in [-0.2, -0.15) is 0 Å². The number of hydrogen-bond acceptors (Lipinski definition) is 4. The van der Waals surface area contributed by atoms with Crippen molar-refractivity contribution in [1.82, 2.24) is 10.2 Å². The molecule has 1 atom stereocenters. The summed E-state index contributed by atoms with van der Waals surface area (Å²) in [6.07, 6.45) is 4.14. The van der Waals surface area contributed by atoms with Crippen LogP contribution in [0.5, 0.6) is 0 Å². The summed E-state index contributed by atoms with van der Waals surface area (Å²) in [5, 5.41) is 3.37. The first-order valence-corrected chi connectivity index (χ1v) is 8.25. The highest BCUT2D eigenvalue weighted by molar-refractivity contribution is 5.94. The van der Waals surface area contributed by atoms with Crippen LogP contribution in [-0.2, 0) is 16.0 Å². The Morgan fingerprint density at radius 1 is 1.22 bits per heavy atom. The summed E-state index contributed by atoms with van der Waals surface area (Å²) in [5.74, 6) is -0.150. The standard InChI is InChI=1S/C18H26N2O3/c1-20(16-4-3-12-19-13-11-16)18(22)15-8-5-14(6-9-15)7-10-17(21)23-2/h5-6,8-9,16,19H,3-4,7,10-13H2,1-2H3. The van der Waals surface area contributed by atoms with Crippen LogP contribution < -0.4 is 5.32 Å². The number of hydrogen-bond donors (Lipinski definition) is 1. The Morgan fingerprint density at radius 3 is 2.65 bits per heavy atom. The summed E-state index contributed by atoms with van der Waals surface area (Å²) < 4.78 is 4.64. The van der Waals surface area contributed by atoms with Crippen molar-refractivity contribution in [3.63, 3.8) is 0 Å². The lowest BCUT2D eigenvalue weighted by Crippen LogP contribution is -2.37. The SMILES string of the molecule is COC(=O)CCc1ccc(C(=O)N(C)C2CCCNCC2)cc1. The summed E-state index contributed by atoms with van der Waals surface area (Å²) in [5.41, 5.74) is 1.74. The van der Waals surface area contributed by atoms with Crippen LogP contribution in [0.2, 0.25) is 0 Å². The van der Waals surface area contributed by atoms with Gasteiger partial charge in [0.15, 0.2) is 0 Å². The Hall–Kier alpha value is -1.88. The summed E-state index contributed by atoms with van der Waals surface area (Å²) >= 11 is 0. The largest absolute Gasteiger partial charge is 0.469 e. The van der Waals surface area contributed by atoms with Gasteiger partial charge in [0, 0.05) is 25.1 Å². The average molecular weight is 318 g/mol. The first-order valence-electron chi connectivity index (χ1n) is 8.25. The number of amides is 1. The van der Waals surface area contributed by atoms with Crippen LogP contribution in [0.3, 0.4) is 0 Å². The van der Waals surface area contributed by atoms with Gasteiger partial charge >= 0.3 is 5.97 Å². The van der Waals surface area contributed by atoms with E-state index in [9.17, 15) is 9.59 Å². The summed E-state index contributed by atoms with van der Waals surface area (Å²) in [7, 11) is 3.28. The lowest BCUT2D eigenvalue weighted by atomic mass is 10.0. The molecule has 0 radical (unpaired) electrons. The first kappa shape index (κ1) is 17.5. The van der Waals surface area contributed by atoms with E-state index in [0.717, 1.165) is 37.9 Å². The van der Waals surface area contributed by atoms with Gasteiger partial charge in [-0.05, 0) is 56.5 Å². The van der Waals surface area contributed by atoms with Crippen molar-refractivity contribution in [3.8, 4) is 0 Å². The lowest BCUT2D eigenvalue weighted by molar-refractivity contribution is -0.140. The molecule has 1 unspecified atom stereocenters. The van der Waals surface area contributed by atoms with E-state index in [4.69, 9.17) is 0 Å². The fraction of sp³-hybridized carbons (Fsp3) is 0.556. The maximum Gasteiger partial charge on any atom is 0.305 e. The lowest BCUT2D eigenvalue weighted by Gasteiger charge is -2.27. The van der Waals surface area contributed by atoms with Gasteiger partial charge in [-0.15, -0.1) is 0 Å². The second kappa shape index (κ2) is 8.67. The Morgan fingerprint density at radius 2 is 1.96 bits per heavy atom. The van der Waals surface area contributed by atoms with Crippen molar-refractivity contribution in [2.24, 2.45) is 0 Å². The monoisotopic (exact) mass is 318 g/mol. The van der Waals surface area contributed by atoms with E-state index < -0.39 is 0 Å². The second-order valence-electron chi connectivity index (χ2n) is 6.02. The zero-order valence-electron chi connectivity index (χ0n) is 14.0. The molecule has 23 heavy (non-hydrogen) atoms. The van der Waals surface area contributed by atoms with E-state index in [1.807, 2.05) is 36.2 Å². The Bertz CT molecular complexity index is 520. The zero-order chi connectivity index (χ0) is 16.7. The van der Waals surface area contributed by atoms with E-state index in [-0.39, 0.29) is 11.9 Å². The van der Waals surface area contributed by atoms with E-state index in [2.05, 4.69) is 10.1 Å². The van der Waals surface area contributed by atoms with Crippen LogP contribution in [0, 0.1) is 0 Å². The fourth-order valence-corrected chi connectivity index (χ4v) is 2.92. The maximum atomic E-state index is 12.6. The van der Waals surface area contributed by atoms with Crippen molar-refractivity contribution in [1.29, 1.82) is 0 Å². The van der Waals surface area contributed by atoms with Gasteiger partial charge in [-0.1, -0.05) is 12.1 Å². The number of aryl methyl sites for hydroxylation is 1. The Balaban J connectivity index is 1.94. The number of methoxy groups -OCH3 is 1. The fourth-order valence-electron chi connectivity index (χ4n) is 2.92. The van der Waals surface area contributed by atoms with Gasteiger partial charge in [0.2, 0.25) is 0 Å². The summed E-state index contributed by atoms with van der Waals surface area (Å²) in [4.78, 5) is 25.6. The van der Waals surface area contributed by atoms with Crippen LogP contribution in [0.4, 0.5) is 0 Å². The molecule has 1 amide bonds. The number of esters is 1. The minimum atomic E-state index is -0.216. The third kappa shape index (κ3) is 5.06. The van der Waals surface area contributed by atoms with E-state index in [1.165, 1.54) is 7.11 Å². The molecular formula is C18H26N2O3. The Kier molecular flexibility index (Phi) is 6.59. The molecule has 1 aromatic carbocycles. The molecule has 1 aliphatic rings.